The van der Waals surface area contributed by atoms with Crippen LogP contribution < -0.4 is 15.4 Å². The molecule has 1 aliphatic rings. The maximum absolute atomic E-state index is 11.8. The molecule has 0 aromatic heterocycles. The number of aryl methyl sites for hydroxylation is 1. The largest absolute Gasteiger partial charge is 0.489 e. The van der Waals surface area contributed by atoms with E-state index in [1.54, 1.807) is 0 Å². The Labute approximate surface area is 126 Å². The molecule has 2 amide bonds. The lowest BCUT2D eigenvalue weighted by Crippen LogP contribution is -2.47. The van der Waals surface area contributed by atoms with Crippen LogP contribution in [0.25, 0.3) is 0 Å². The molecule has 0 aliphatic carbocycles. The minimum atomic E-state index is -0.161. The van der Waals surface area contributed by atoms with Crippen LogP contribution in [0.2, 0.25) is 0 Å². The van der Waals surface area contributed by atoms with Crippen molar-refractivity contribution in [2.45, 2.75) is 38.8 Å². The van der Waals surface area contributed by atoms with Crippen molar-refractivity contribution in [3.05, 3.63) is 29.8 Å². The van der Waals surface area contributed by atoms with E-state index in [0.717, 1.165) is 30.8 Å². The minimum absolute atomic E-state index is 0.0838. The molecule has 1 saturated heterocycles. The Bertz CT molecular complexity index is 459. The van der Waals surface area contributed by atoms with E-state index in [2.05, 4.69) is 10.6 Å². The molecule has 1 heterocycles. The van der Waals surface area contributed by atoms with Crippen molar-refractivity contribution in [3.63, 3.8) is 0 Å². The van der Waals surface area contributed by atoms with Gasteiger partial charge in [-0.15, -0.1) is 0 Å². The zero-order valence-electron chi connectivity index (χ0n) is 12.7. The van der Waals surface area contributed by atoms with Crippen LogP contribution in [0.4, 0.5) is 4.79 Å². The topological polar surface area (TPSA) is 59.6 Å². The van der Waals surface area contributed by atoms with Gasteiger partial charge in [0.1, 0.15) is 11.9 Å². The molecule has 2 rings (SSSR count). The van der Waals surface area contributed by atoms with Gasteiger partial charge in [-0.05, 0) is 38.3 Å². The van der Waals surface area contributed by atoms with Crippen LogP contribution in [-0.4, -0.2) is 37.9 Å². The van der Waals surface area contributed by atoms with Crippen molar-refractivity contribution in [1.82, 2.24) is 10.6 Å². The zero-order chi connectivity index (χ0) is 15.1. The van der Waals surface area contributed by atoms with Crippen LogP contribution in [0.5, 0.6) is 5.75 Å². The highest BCUT2D eigenvalue weighted by Gasteiger charge is 2.16. The molecular formula is C16H24N2O3. The first kappa shape index (κ1) is 15.6. The highest BCUT2D eigenvalue weighted by molar-refractivity contribution is 5.74. The first-order valence-electron chi connectivity index (χ1n) is 7.49. The van der Waals surface area contributed by atoms with Crippen LogP contribution in [0.3, 0.4) is 0 Å². The smallest absolute Gasteiger partial charge is 0.315 e. The number of hydrogen-bond acceptors (Lipinski definition) is 3. The summed E-state index contributed by atoms with van der Waals surface area (Å²) in [5.74, 6) is 0.855. The number of amides is 2. The molecule has 2 N–H and O–H groups in total. The van der Waals surface area contributed by atoms with Crippen molar-refractivity contribution in [2.75, 3.05) is 19.8 Å². The lowest BCUT2D eigenvalue weighted by molar-refractivity contribution is 0.0730. The first-order valence-corrected chi connectivity index (χ1v) is 7.49. The highest BCUT2D eigenvalue weighted by Crippen LogP contribution is 2.17. The van der Waals surface area contributed by atoms with Crippen molar-refractivity contribution < 1.29 is 14.3 Å². The van der Waals surface area contributed by atoms with Crippen molar-refractivity contribution in [3.8, 4) is 5.75 Å². The molecule has 0 saturated carbocycles. The van der Waals surface area contributed by atoms with Gasteiger partial charge in [-0.2, -0.15) is 0 Å². The lowest BCUT2D eigenvalue weighted by atomic mass is 10.1. The van der Waals surface area contributed by atoms with Gasteiger partial charge in [0, 0.05) is 6.61 Å². The van der Waals surface area contributed by atoms with E-state index in [0.29, 0.717) is 13.2 Å². The minimum Gasteiger partial charge on any atom is -0.489 e. The number of carbonyl (C=O) groups is 1. The fourth-order valence-corrected chi connectivity index (χ4v) is 2.27. The van der Waals surface area contributed by atoms with Gasteiger partial charge >= 0.3 is 6.03 Å². The molecule has 0 bridgehead atoms. The Morgan fingerprint density at radius 2 is 2.29 bits per heavy atom. The average molecular weight is 292 g/mol. The molecule has 5 nitrogen and oxygen atoms in total. The number of para-hydroxylation sites is 1. The molecule has 0 unspecified atom stereocenters. The normalized spacial score (nSPS) is 19.6. The standard InChI is InChI=1S/C16H24N2O3/c1-12-6-3-4-8-15(12)21-13(2)10-17-16(19)18-14-7-5-9-20-11-14/h3-4,6,8,13-14H,5,7,9-11H2,1-2H3,(H2,17,18,19)/t13-,14-/m0/s1. The lowest BCUT2D eigenvalue weighted by Gasteiger charge is -2.24. The Kier molecular flexibility index (Phi) is 5.87. The summed E-state index contributed by atoms with van der Waals surface area (Å²) in [6, 6.07) is 7.82. The van der Waals surface area contributed by atoms with Gasteiger partial charge in [0.25, 0.3) is 0 Å². The fraction of sp³-hybridized carbons (Fsp3) is 0.562. The average Bonchev–Trinajstić information content (AvgIpc) is 2.49. The molecule has 116 valence electrons. The van der Waals surface area contributed by atoms with Crippen LogP contribution in [-0.2, 0) is 4.74 Å². The molecule has 1 aromatic carbocycles. The van der Waals surface area contributed by atoms with Crippen molar-refractivity contribution in [1.29, 1.82) is 0 Å². The van der Waals surface area contributed by atoms with Crippen LogP contribution >= 0.6 is 0 Å². The number of rotatable bonds is 5. The maximum atomic E-state index is 11.8. The fourth-order valence-electron chi connectivity index (χ4n) is 2.27. The van der Waals surface area contributed by atoms with E-state index in [9.17, 15) is 4.79 Å². The number of hydrogen-bond donors (Lipinski definition) is 2. The quantitative estimate of drug-likeness (QED) is 0.875. The number of ether oxygens (including phenoxy) is 2. The van der Waals surface area contributed by atoms with Gasteiger partial charge in [-0.3, -0.25) is 0 Å². The molecule has 1 fully saturated rings. The molecule has 1 aliphatic heterocycles. The predicted octanol–water partition coefficient (Wildman–Crippen LogP) is 2.24. The highest BCUT2D eigenvalue weighted by atomic mass is 16.5. The monoisotopic (exact) mass is 292 g/mol. The molecule has 5 heteroatoms. The predicted molar refractivity (Wildman–Crippen MR) is 81.6 cm³/mol. The molecule has 21 heavy (non-hydrogen) atoms. The Balaban J connectivity index is 1.69. The van der Waals surface area contributed by atoms with Crippen LogP contribution in [0.1, 0.15) is 25.3 Å². The molecule has 0 spiro atoms. The summed E-state index contributed by atoms with van der Waals surface area (Å²) in [6.45, 7) is 5.80. The summed E-state index contributed by atoms with van der Waals surface area (Å²) in [5, 5.41) is 5.76. The van der Waals surface area contributed by atoms with E-state index in [1.165, 1.54) is 0 Å². The van der Waals surface area contributed by atoms with Crippen LogP contribution in [0.15, 0.2) is 24.3 Å². The van der Waals surface area contributed by atoms with E-state index in [1.807, 2.05) is 38.1 Å². The van der Waals surface area contributed by atoms with E-state index < -0.39 is 0 Å². The van der Waals surface area contributed by atoms with Crippen molar-refractivity contribution in [2.24, 2.45) is 0 Å². The number of carbonyl (C=O) groups excluding carboxylic acids is 1. The van der Waals surface area contributed by atoms with Gasteiger partial charge in [-0.25, -0.2) is 4.79 Å². The van der Waals surface area contributed by atoms with Gasteiger partial charge < -0.3 is 20.1 Å². The second-order valence-electron chi connectivity index (χ2n) is 5.46. The Hall–Kier alpha value is -1.75. The van der Waals surface area contributed by atoms with E-state index in [-0.39, 0.29) is 18.2 Å². The third-order valence-corrected chi connectivity index (χ3v) is 3.47. The summed E-state index contributed by atoms with van der Waals surface area (Å²) in [5.41, 5.74) is 1.09. The first-order chi connectivity index (χ1) is 10.1. The summed E-state index contributed by atoms with van der Waals surface area (Å²) in [6.07, 6.45) is 1.89. The zero-order valence-corrected chi connectivity index (χ0v) is 12.7. The molecule has 1 aromatic rings. The van der Waals surface area contributed by atoms with Crippen LogP contribution in [0, 0.1) is 6.92 Å². The summed E-state index contributed by atoms with van der Waals surface area (Å²) < 4.78 is 11.2. The molecular weight excluding hydrogens is 268 g/mol. The molecule has 2 atom stereocenters. The third kappa shape index (κ3) is 5.27. The Morgan fingerprint density at radius 1 is 1.48 bits per heavy atom. The van der Waals surface area contributed by atoms with Gasteiger partial charge in [-0.1, -0.05) is 18.2 Å². The van der Waals surface area contributed by atoms with Crippen molar-refractivity contribution >= 4 is 6.03 Å². The van der Waals surface area contributed by atoms with Gasteiger partial charge in [0.05, 0.1) is 19.2 Å². The van der Waals surface area contributed by atoms with Gasteiger partial charge in [0.15, 0.2) is 0 Å². The number of benzene rings is 1. The summed E-state index contributed by atoms with van der Waals surface area (Å²) in [7, 11) is 0. The van der Waals surface area contributed by atoms with E-state index in [4.69, 9.17) is 9.47 Å². The summed E-state index contributed by atoms with van der Waals surface area (Å²) in [4.78, 5) is 11.8. The Morgan fingerprint density at radius 3 is 3.00 bits per heavy atom. The second-order valence-corrected chi connectivity index (χ2v) is 5.46. The molecule has 0 radical (unpaired) electrons. The number of nitrogens with one attached hydrogen (secondary N) is 2. The van der Waals surface area contributed by atoms with E-state index >= 15 is 0 Å². The second kappa shape index (κ2) is 7.88. The maximum Gasteiger partial charge on any atom is 0.315 e. The number of urea groups is 1. The SMILES string of the molecule is Cc1ccccc1O[C@@H](C)CNC(=O)N[C@H]1CCCOC1. The summed E-state index contributed by atoms with van der Waals surface area (Å²) >= 11 is 0. The third-order valence-electron chi connectivity index (χ3n) is 3.47. The van der Waals surface area contributed by atoms with Gasteiger partial charge in [0.2, 0.25) is 0 Å².